The fourth-order valence-electron chi connectivity index (χ4n) is 8.02. The van der Waals surface area contributed by atoms with Crippen molar-refractivity contribution in [3.8, 4) is 5.75 Å². The third-order valence-electron chi connectivity index (χ3n) is 9.99. The summed E-state index contributed by atoms with van der Waals surface area (Å²) in [5.41, 5.74) is 1.43. The second kappa shape index (κ2) is 13.2. The standard InChI is InChI=1S/C38H43N3O5S/c1-5-21-39(28-15-17-30(18-16-28)46-7-3)34(43)31-32-35(44)41(23-10-24-42)33(38(32)20-19-37(31,4)47-38)36(45)40(22-6-2)29-14-13-26-11-8-9-12-27(26)25-29/h5-6,8-9,11-18,25,31-33,42H,1-2,7,10,19-24H2,3-4H3/t31-,32+,33?,37+,38?/m1/s1. The Morgan fingerprint density at radius 2 is 1.64 bits per heavy atom. The van der Waals surface area contributed by atoms with Gasteiger partial charge >= 0.3 is 0 Å². The summed E-state index contributed by atoms with van der Waals surface area (Å²) in [6.07, 6.45) is 5.08. The maximum absolute atomic E-state index is 14.9. The molecule has 3 heterocycles. The fraction of sp³-hybridized carbons (Fsp3) is 0.395. The van der Waals surface area contributed by atoms with E-state index >= 15 is 0 Å². The van der Waals surface area contributed by atoms with E-state index < -0.39 is 27.4 Å². The van der Waals surface area contributed by atoms with E-state index in [9.17, 15) is 19.5 Å². The number of amides is 3. The number of benzene rings is 3. The van der Waals surface area contributed by atoms with Gasteiger partial charge in [-0.2, -0.15) is 0 Å². The molecule has 9 heteroatoms. The molecular formula is C38H43N3O5S. The summed E-state index contributed by atoms with van der Waals surface area (Å²) in [5.74, 6) is -1.11. The van der Waals surface area contributed by atoms with Crippen LogP contribution in [0.1, 0.15) is 33.1 Å². The predicted molar refractivity (Wildman–Crippen MR) is 189 cm³/mol. The third-order valence-corrected chi connectivity index (χ3v) is 12.0. The van der Waals surface area contributed by atoms with E-state index in [0.29, 0.717) is 37.3 Å². The van der Waals surface area contributed by atoms with Gasteiger partial charge in [0.05, 0.1) is 23.2 Å². The summed E-state index contributed by atoms with van der Waals surface area (Å²) in [7, 11) is 0. The summed E-state index contributed by atoms with van der Waals surface area (Å²) >= 11 is 1.65. The number of carbonyl (C=O) groups is 3. The molecule has 3 saturated heterocycles. The summed E-state index contributed by atoms with van der Waals surface area (Å²) < 4.78 is 4.30. The van der Waals surface area contributed by atoms with Crippen LogP contribution >= 0.6 is 11.8 Å². The highest BCUT2D eigenvalue weighted by Gasteiger charge is 2.77. The van der Waals surface area contributed by atoms with Gasteiger partial charge in [0.1, 0.15) is 11.8 Å². The molecular weight excluding hydrogens is 611 g/mol. The number of aliphatic hydroxyl groups is 1. The van der Waals surface area contributed by atoms with Gasteiger partial charge in [-0.3, -0.25) is 14.4 Å². The van der Waals surface area contributed by atoms with Crippen molar-refractivity contribution in [2.45, 2.75) is 48.6 Å². The molecule has 47 heavy (non-hydrogen) atoms. The van der Waals surface area contributed by atoms with Crippen molar-refractivity contribution in [2.24, 2.45) is 11.8 Å². The molecule has 1 spiro atoms. The van der Waals surface area contributed by atoms with Crippen molar-refractivity contribution in [3.05, 3.63) is 92.0 Å². The highest BCUT2D eigenvalue weighted by Crippen LogP contribution is 2.71. The lowest BCUT2D eigenvalue weighted by molar-refractivity contribution is -0.139. The normalized spacial score (nSPS) is 25.9. The molecule has 246 valence electrons. The molecule has 1 N–H and O–H groups in total. The van der Waals surface area contributed by atoms with E-state index in [0.717, 1.165) is 16.5 Å². The Labute approximate surface area is 281 Å². The molecule has 0 aliphatic carbocycles. The number of likely N-dealkylation sites (tertiary alicyclic amines) is 1. The van der Waals surface area contributed by atoms with Crippen LogP contribution in [0.5, 0.6) is 5.75 Å². The quantitative estimate of drug-likeness (QED) is 0.233. The predicted octanol–water partition coefficient (Wildman–Crippen LogP) is 5.84. The Balaban J connectivity index is 1.40. The number of carbonyl (C=O) groups excluding carboxylic acids is 3. The number of ether oxygens (including phenoxy) is 1. The van der Waals surface area contributed by atoms with Crippen molar-refractivity contribution in [2.75, 3.05) is 42.6 Å². The lowest BCUT2D eigenvalue weighted by atomic mass is 9.66. The molecule has 0 radical (unpaired) electrons. The Morgan fingerprint density at radius 3 is 2.30 bits per heavy atom. The fourth-order valence-corrected chi connectivity index (χ4v) is 10.4. The monoisotopic (exact) mass is 653 g/mol. The van der Waals surface area contributed by atoms with E-state index in [-0.39, 0.29) is 44.0 Å². The lowest BCUT2D eigenvalue weighted by Crippen LogP contribution is -2.55. The van der Waals surface area contributed by atoms with Crippen LogP contribution in [0.2, 0.25) is 0 Å². The average Bonchev–Trinajstić information content (AvgIpc) is 3.65. The number of thioether (sulfide) groups is 1. The molecule has 3 amide bonds. The number of hydrogen-bond donors (Lipinski definition) is 1. The molecule has 0 saturated carbocycles. The number of fused-ring (bicyclic) bond motifs is 2. The Kier molecular flexibility index (Phi) is 9.23. The van der Waals surface area contributed by atoms with Crippen LogP contribution in [0.25, 0.3) is 10.8 Å². The SMILES string of the molecule is C=CCN(C(=O)C1N(CCCO)C(=O)[C@@H]2[C@H](C(=O)N(CC=C)c3ccc(OCC)cc3)[C@]3(C)CCC12S3)c1ccc2ccccc2c1. The molecule has 2 unspecified atom stereocenters. The van der Waals surface area contributed by atoms with Gasteiger partial charge in [0.15, 0.2) is 0 Å². The van der Waals surface area contributed by atoms with E-state index in [2.05, 4.69) is 20.1 Å². The van der Waals surface area contributed by atoms with Crippen molar-refractivity contribution < 1.29 is 24.2 Å². The van der Waals surface area contributed by atoms with Gasteiger partial charge in [-0.25, -0.2) is 0 Å². The van der Waals surface area contributed by atoms with Gasteiger partial charge in [-0.05, 0) is 80.3 Å². The average molecular weight is 654 g/mol. The number of nitrogens with zero attached hydrogens (tertiary/aromatic N) is 3. The van der Waals surface area contributed by atoms with Crippen LogP contribution in [-0.4, -0.2) is 76.1 Å². The third kappa shape index (κ3) is 5.53. The van der Waals surface area contributed by atoms with Crippen molar-refractivity contribution in [3.63, 3.8) is 0 Å². The minimum absolute atomic E-state index is 0.110. The van der Waals surface area contributed by atoms with Gasteiger partial charge in [0, 0.05) is 42.4 Å². The van der Waals surface area contributed by atoms with Gasteiger partial charge < -0.3 is 24.5 Å². The first-order chi connectivity index (χ1) is 22.7. The highest BCUT2D eigenvalue weighted by atomic mass is 32.2. The van der Waals surface area contributed by atoms with Crippen molar-refractivity contribution in [1.29, 1.82) is 0 Å². The zero-order valence-electron chi connectivity index (χ0n) is 27.1. The summed E-state index contributed by atoms with van der Waals surface area (Å²) in [6, 6.07) is 20.5. The molecule has 0 aromatic heterocycles. The summed E-state index contributed by atoms with van der Waals surface area (Å²) in [5, 5.41) is 11.9. The van der Waals surface area contributed by atoms with Crippen molar-refractivity contribution >= 4 is 51.6 Å². The Morgan fingerprint density at radius 1 is 0.979 bits per heavy atom. The van der Waals surface area contributed by atoms with Crippen LogP contribution < -0.4 is 14.5 Å². The minimum Gasteiger partial charge on any atom is -0.494 e. The first-order valence-corrected chi connectivity index (χ1v) is 17.2. The molecule has 3 aliphatic heterocycles. The number of hydrogen-bond acceptors (Lipinski definition) is 6. The van der Waals surface area contributed by atoms with Gasteiger partial charge in [0.2, 0.25) is 11.8 Å². The molecule has 3 aromatic rings. The lowest BCUT2D eigenvalue weighted by Gasteiger charge is -2.38. The van der Waals surface area contributed by atoms with Crippen LogP contribution in [0.3, 0.4) is 0 Å². The molecule has 5 atom stereocenters. The maximum atomic E-state index is 14.9. The smallest absolute Gasteiger partial charge is 0.251 e. The molecule has 6 rings (SSSR count). The minimum atomic E-state index is -0.791. The first-order valence-electron chi connectivity index (χ1n) is 16.4. The maximum Gasteiger partial charge on any atom is 0.251 e. The van der Waals surface area contributed by atoms with E-state index in [1.54, 1.807) is 38.6 Å². The summed E-state index contributed by atoms with van der Waals surface area (Å²) in [6.45, 7) is 13.1. The van der Waals surface area contributed by atoms with E-state index in [4.69, 9.17) is 4.74 Å². The zero-order valence-corrected chi connectivity index (χ0v) is 28.0. The van der Waals surface area contributed by atoms with Crippen LogP contribution in [0.15, 0.2) is 92.0 Å². The van der Waals surface area contributed by atoms with E-state index in [1.165, 1.54) is 0 Å². The summed E-state index contributed by atoms with van der Waals surface area (Å²) in [4.78, 5) is 49.3. The number of anilines is 2. The highest BCUT2D eigenvalue weighted by molar-refractivity contribution is 8.02. The first kappa shape index (κ1) is 32.8. The topological polar surface area (TPSA) is 90.4 Å². The van der Waals surface area contributed by atoms with Crippen LogP contribution in [0.4, 0.5) is 11.4 Å². The number of rotatable bonds is 13. The second-order valence-corrected chi connectivity index (χ2v) is 14.7. The molecule has 3 fully saturated rings. The number of aliphatic hydroxyl groups excluding tert-OH is 1. The van der Waals surface area contributed by atoms with Gasteiger partial charge in [-0.1, -0.05) is 42.5 Å². The molecule has 3 aromatic carbocycles. The largest absolute Gasteiger partial charge is 0.494 e. The molecule has 3 aliphatic rings. The van der Waals surface area contributed by atoms with Gasteiger partial charge in [0.25, 0.3) is 5.91 Å². The van der Waals surface area contributed by atoms with Crippen molar-refractivity contribution in [1.82, 2.24) is 4.90 Å². The Hall–Kier alpha value is -4.08. The molecule has 8 nitrogen and oxygen atoms in total. The van der Waals surface area contributed by atoms with Gasteiger partial charge in [-0.15, -0.1) is 24.9 Å². The van der Waals surface area contributed by atoms with Crippen LogP contribution in [0, 0.1) is 11.8 Å². The molecule has 2 bridgehead atoms. The zero-order chi connectivity index (χ0) is 33.3. The Bertz CT molecular complexity index is 1690. The second-order valence-electron chi connectivity index (χ2n) is 12.8. The van der Waals surface area contributed by atoms with E-state index in [1.807, 2.05) is 73.7 Å². The van der Waals surface area contributed by atoms with Crippen LogP contribution in [-0.2, 0) is 14.4 Å².